The van der Waals surface area contributed by atoms with Gasteiger partial charge in [-0.05, 0) is 29.8 Å². The Bertz CT molecular complexity index is 678. The predicted molar refractivity (Wildman–Crippen MR) is 85.3 cm³/mol. The standard InChI is InChI=1S/C19H19NO2/c1-2-6-16(7-3-1)15-22-18-9-4-8-17(12-18)13-20-14-19-10-5-11-21-19/h1-12,20H,13-15H2/p+1. The van der Waals surface area contributed by atoms with Gasteiger partial charge in [0.1, 0.15) is 25.4 Å². The first kappa shape index (κ1) is 14.4. The molecular weight excluding hydrogens is 274 g/mol. The second kappa shape index (κ2) is 7.48. The van der Waals surface area contributed by atoms with Crippen molar-refractivity contribution < 1.29 is 14.5 Å². The summed E-state index contributed by atoms with van der Waals surface area (Å²) in [4.78, 5) is 0. The van der Waals surface area contributed by atoms with Crippen molar-refractivity contribution in [2.45, 2.75) is 19.7 Å². The molecule has 3 aromatic rings. The SMILES string of the molecule is c1ccc(COc2cccc(C[NH2+]Cc3ccco3)c2)cc1. The number of ether oxygens (including phenoxy) is 1. The van der Waals surface area contributed by atoms with Gasteiger partial charge in [0.25, 0.3) is 0 Å². The van der Waals surface area contributed by atoms with Crippen LogP contribution in [0.5, 0.6) is 5.75 Å². The van der Waals surface area contributed by atoms with Crippen LogP contribution in [0.1, 0.15) is 16.9 Å². The summed E-state index contributed by atoms with van der Waals surface area (Å²) in [6.45, 7) is 2.35. The summed E-state index contributed by atoms with van der Waals surface area (Å²) < 4.78 is 11.2. The lowest BCUT2D eigenvalue weighted by atomic mass is 10.2. The van der Waals surface area contributed by atoms with Crippen LogP contribution in [0.15, 0.2) is 77.4 Å². The molecule has 0 saturated heterocycles. The number of quaternary nitrogens is 1. The third-order valence-corrected chi connectivity index (χ3v) is 3.45. The minimum Gasteiger partial charge on any atom is -0.489 e. The molecule has 2 aromatic carbocycles. The summed E-state index contributed by atoms with van der Waals surface area (Å²) in [5.41, 5.74) is 2.43. The van der Waals surface area contributed by atoms with Crippen molar-refractivity contribution in [1.82, 2.24) is 0 Å². The van der Waals surface area contributed by atoms with E-state index in [1.165, 1.54) is 11.1 Å². The maximum Gasteiger partial charge on any atom is 0.157 e. The van der Waals surface area contributed by atoms with Crippen LogP contribution in [0.25, 0.3) is 0 Å². The van der Waals surface area contributed by atoms with Crippen molar-refractivity contribution in [3.63, 3.8) is 0 Å². The fourth-order valence-electron chi connectivity index (χ4n) is 2.31. The average Bonchev–Trinajstić information content (AvgIpc) is 3.08. The van der Waals surface area contributed by atoms with E-state index in [1.54, 1.807) is 6.26 Å². The highest BCUT2D eigenvalue weighted by molar-refractivity contribution is 5.28. The fourth-order valence-corrected chi connectivity index (χ4v) is 2.31. The summed E-state index contributed by atoms with van der Waals surface area (Å²) in [7, 11) is 0. The van der Waals surface area contributed by atoms with Gasteiger partial charge in [-0.3, -0.25) is 0 Å². The highest BCUT2D eigenvalue weighted by Gasteiger charge is 2.02. The lowest BCUT2D eigenvalue weighted by Gasteiger charge is -2.08. The molecule has 112 valence electrons. The first-order valence-electron chi connectivity index (χ1n) is 7.50. The summed E-state index contributed by atoms with van der Waals surface area (Å²) >= 11 is 0. The summed E-state index contributed by atoms with van der Waals surface area (Å²) in [6.07, 6.45) is 1.71. The fraction of sp³-hybridized carbons (Fsp3) is 0.158. The van der Waals surface area contributed by atoms with Crippen LogP contribution >= 0.6 is 0 Å². The van der Waals surface area contributed by atoms with Gasteiger partial charge in [-0.25, -0.2) is 0 Å². The normalized spacial score (nSPS) is 10.5. The van der Waals surface area contributed by atoms with Gasteiger partial charge >= 0.3 is 0 Å². The molecule has 0 radical (unpaired) electrons. The molecule has 0 aliphatic rings. The number of hydrogen-bond acceptors (Lipinski definition) is 2. The topological polar surface area (TPSA) is 39.0 Å². The quantitative estimate of drug-likeness (QED) is 0.727. The average molecular weight is 294 g/mol. The molecule has 3 heteroatoms. The second-order valence-electron chi connectivity index (χ2n) is 5.20. The van der Waals surface area contributed by atoms with Gasteiger partial charge in [0.2, 0.25) is 0 Å². The summed E-state index contributed by atoms with van der Waals surface area (Å²) in [5, 5.41) is 2.22. The van der Waals surface area contributed by atoms with Crippen LogP contribution in [-0.2, 0) is 19.7 Å². The van der Waals surface area contributed by atoms with Crippen molar-refractivity contribution in [2.75, 3.05) is 0 Å². The van der Waals surface area contributed by atoms with Crippen LogP contribution in [0, 0.1) is 0 Å². The van der Waals surface area contributed by atoms with E-state index in [4.69, 9.17) is 9.15 Å². The monoisotopic (exact) mass is 294 g/mol. The molecule has 1 heterocycles. The molecule has 2 N–H and O–H groups in total. The van der Waals surface area contributed by atoms with Crippen LogP contribution in [-0.4, -0.2) is 0 Å². The lowest BCUT2D eigenvalue weighted by molar-refractivity contribution is -0.688. The van der Waals surface area contributed by atoms with Gasteiger partial charge in [0.05, 0.1) is 6.26 Å². The number of hydrogen-bond donors (Lipinski definition) is 1. The molecule has 0 aliphatic heterocycles. The van der Waals surface area contributed by atoms with Crippen molar-refractivity contribution in [3.8, 4) is 5.75 Å². The first-order chi connectivity index (χ1) is 10.9. The highest BCUT2D eigenvalue weighted by Crippen LogP contribution is 2.14. The molecule has 0 bridgehead atoms. The largest absolute Gasteiger partial charge is 0.489 e. The number of rotatable bonds is 7. The molecule has 22 heavy (non-hydrogen) atoms. The molecular formula is C19H20NO2+. The number of nitrogens with two attached hydrogens (primary N) is 1. The van der Waals surface area contributed by atoms with E-state index in [0.717, 1.165) is 24.6 Å². The van der Waals surface area contributed by atoms with Gasteiger partial charge < -0.3 is 14.5 Å². The predicted octanol–water partition coefficient (Wildman–Crippen LogP) is 3.12. The Kier molecular flexibility index (Phi) is 4.90. The lowest BCUT2D eigenvalue weighted by Crippen LogP contribution is -2.80. The van der Waals surface area contributed by atoms with E-state index in [1.807, 2.05) is 42.5 Å². The Morgan fingerprint density at radius 2 is 1.68 bits per heavy atom. The van der Waals surface area contributed by atoms with E-state index < -0.39 is 0 Å². The second-order valence-corrected chi connectivity index (χ2v) is 5.20. The molecule has 0 aliphatic carbocycles. The zero-order valence-electron chi connectivity index (χ0n) is 12.4. The Hall–Kier alpha value is -2.52. The van der Waals surface area contributed by atoms with Gasteiger partial charge in [-0.1, -0.05) is 42.5 Å². The Labute approximate surface area is 130 Å². The van der Waals surface area contributed by atoms with E-state index >= 15 is 0 Å². The molecule has 3 rings (SSSR count). The maximum absolute atomic E-state index is 5.85. The van der Waals surface area contributed by atoms with Crippen LogP contribution in [0.2, 0.25) is 0 Å². The third-order valence-electron chi connectivity index (χ3n) is 3.45. The van der Waals surface area contributed by atoms with Gasteiger partial charge in [0, 0.05) is 5.56 Å². The van der Waals surface area contributed by atoms with Crippen molar-refractivity contribution in [3.05, 3.63) is 89.9 Å². The smallest absolute Gasteiger partial charge is 0.157 e. The van der Waals surface area contributed by atoms with Gasteiger partial charge in [0.15, 0.2) is 5.76 Å². The van der Waals surface area contributed by atoms with E-state index in [2.05, 4.69) is 29.6 Å². The van der Waals surface area contributed by atoms with Crippen molar-refractivity contribution in [2.24, 2.45) is 0 Å². The Morgan fingerprint density at radius 1 is 0.818 bits per heavy atom. The molecule has 0 spiro atoms. The molecule has 0 atom stereocenters. The Balaban J connectivity index is 1.51. The first-order valence-corrected chi connectivity index (χ1v) is 7.50. The zero-order chi connectivity index (χ0) is 15.0. The summed E-state index contributed by atoms with van der Waals surface area (Å²) in [5.74, 6) is 1.91. The number of furan rings is 1. The van der Waals surface area contributed by atoms with Crippen molar-refractivity contribution >= 4 is 0 Å². The number of benzene rings is 2. The highest BCUT2D eigenvalue weighted by atomic mass is 16.5. The zero-order valence-corrected chi connectivity index (χ0v) is 12.4. The van der Waals surface area contributed by atoms with Gasteiger partial charge in [-0.2, -0.15) is 0 Å². The summed E-state index contributed by atoms with van der Waals surface area (Å²) in [6, 6.07) is 22.4. The third kappa shape index (κ3) is 4.24. The van der Waals surface area contributed by atoms with Crippen LogP contribution < -0.4 is 10.1 Å². The van der Waals surface area contributed by atoms with E-state index in [9.17, 15) is 0 Å². The minimum absolute atomic E-state index is 0.598. The van der Waals surface area contributed by atoms with Gasteiger partial charge in [-0.15, -0.1) is 0 Å². The molecule has 0 amide bonds. The Morgan fingerprint density at radius 3 is 2.50 bits per heavy atom. The van der Waals surface area contributed by atoms with E-state index in [0.29, 0.717) is 6.61 Å². The molecule has 3 nitrogen and oxygen atoms in total. The van der Waals surface area contributed by atoms with Crippen LogP contribution in [0.4, 0.5) is 0 Å². The molecule has 0 fully saturated rings. The maximum atomic E-state index is 5.85. The van der Waals surface area contributed by atoms with Crippen molar-refractivity contribution in [1.29, 1.82) is 0 Å². The van der Waals surface area contributed by atoms with Crippen LogP contribution in [0.3, 0.4) is 0 Å². The minimum atomic E-state index is 0.598. The molecule has 0 unspecified atom stereocenters. The van der Waals surface area contributed by atoms with E-state index in [-0.39, 0.29) is 0 Å². The molecule has 0 saturated carbocycles. The molecule has 1 aromatic heterocycles.